The summed E-state index contributed by atoms with van der Waals surface area (Å²) in [6.07, 6.45) is 9.88. The Morgan fingerprint density at radius 3 is 2.91 bits per heavy atom. The lowest BCUT2D eigenvalue weighted by atomic mass is 9.78. The summed E-state index contributed by atoms with van der Waals surface area (Å²) in [6.45, 7) is 5.80. The Morgan fingerprint density at radius 1 is 1.26 bits per heavy atom. The molecule has 23 heavy (non-hydrogen) atoms. The summed E-state index contributed by atoms with van der Waals surface area (Å²) in [5, 5.41) is 8.16. The average molecular weight is 311 g/mol. The molecule has 5 nitrogen and oxygen atoms in total. The molecule has 122 valence electrons. The highest BCUT2D eigenvalue weighted by Crippen LogP contribution is 2.39. The van der Waals surface area contributed by atoms with Crippen molar-refractivity contribution in [1.29, 1.82) is 0 Å². The number of hydrogen-bond donors (Lipinski definition) is 1. The Labute approximate surface area is 137 Å². The first-order chi connectivity index (χ1) is 11.2. The largest absolute Gasteiger partial charge is 0.317 e. The number of rotatable bonds is 3. The minimum Gasteiger partial charge on any atom is -0.317 e. The van der Waals surface area contributed by atoms with E-state index in [0.717, 1.165) is 17.8 Å². The fourth-order valence-electron chi connectivity index (χ4n) is 4.17. The van der Waals surface area contributed by atoms with Gasteiger partial charge in [-0.25, -0.2) is 0 Å². The lowest BCUT2D eigenvalue weighted by Gasteiger charge is -2.33. The van der Waals surface area contributed by atoms with Crippen molar-refractivity contribution in [2.24, 2.45) is 12.5 Å². The number of piperidine rings is 1. The minimum atomic E-state index is 0.557. The smallest absolute Gasteiger partial charge is 0.0983 e. The lowest BCUT2D eigenvalue weighted by molar-refractivity contribution is 0.194. The number of aryl methyl sites for hydroxylation is 1. The van der Waals surface area contributed by atoms with Crippen molar-refractivity contribution in [2.75, 3.05) is 26.2 Å². The van der Waals surface area contributed by atoms with Crippen molar-refractivity contribution < 1.29 is 0 Å². The second-order valence-corrected chi connectivity index (χ2v) is 7.13. The molecule has 0 aliphatic carbocycles. The van der Waals surface area contributed by atoms with E-state index in [1.807, 2.05) is 30.2 Å². The molecule has 4 heterocycles. The van der Waals surface area contributed by atoms with Gasteiger partial charge < -0.3 is 5.32 Å². The average Bonchev–Trinajstić information content (AvgIpc) is 3.13. The van der Waals surface area contributed by atoms with Crippen molar-refractivity contribution in [1.82, 2.24) is 25.0 Å². The summed E-state index contributed by atoms with van der Waals surface area (Å²) in [6, 6.07) is 4.07. The number of pyridine rings is 1. The molecule has 0 radical (unpaired) electrons. The zero-order chi connectivity index (χ0) is 15.7. The summed E-state index contributed by atoms with van der Waals surface area (Å²) >= 11 is 0. The van der Waals surface area contributed by atoms with Crippen molar-refractivity contribution in [3.05, 3.63) is 36.3 Å². The Balaban J connectivity index is 1.52. The first kappa shape index (κ1) is 14.8. The summed E-state index contributed by atoms with van der Waals surface area (Å²) in [7, 11) is 2.00. The minimum absolute atomic E-state index is 0.557. The van der Waals surface area contributed by atoms with Crippen LogP contribution in [0, 0.1) is 5.41 Å². The van der Waals surface area contributed by atoms with Crippen LogP contribution in [0.1, 0.15) is 24.8 Å². The third-order valence-corrected chi connectivity index (χ3v) is 5.42. The van der Waals surface area contributed by atoms with Crippen LogP contribution in [0.25, 0.3) is 11.3 Å². The first-order valence-electron chi connectivity index (χ1n) is 8.60. The molecule has 1 N–H and O–H groups in total. The van der Waals surface area contributed by atoms with Crippen LogP contribution in [-0.2, 0) is 13.6 Å². The molecule has 0 bridgehead atoms. The molecule has 0 unspecified atom stereocenters. The number of nitrogens with one attached hydrogen (secondary N) is 1. The van der Waals surface area contributed by atoms with Gasteiger partial charge in [-0.3, -0.25) is 14.6 Å². The van der Waals surface area contributed by atoms with Gasteiger partial charge in [-0.15, -0.1) is 0 Å². The molecule has 2 aliphatic heterocycles. The Bertz CT molecular complexity index is 657. The highest BCUT2D eigenvalue weighted by molar-refractivity contribution is 5.61. The first-order valence-corrected chi connectivity index (χ1v) is 8.60. The molecular formula is C18H25N5. The molecule has 0 amide bonds. The van der Waals surface area contributed by atoms with Gasteiger partial charge in [0.15, 0.2) is 0 Å². The van der Waals surface area contributed by atoms with E-state index >= 15 is 0 Å². The van der Waals surface area contributed by atoms with Crippen LogP contribution >= 0.6 is 0 Å². The van der Waals surface area contributed by atoms with Crippen LogP contribution < -0.4 is 5.32 Å². The van der Waals surface area contributed by atoms with Gasteiger partial charge in [0, 0.05) is 49.9 Å². The highest BCUT2D eigenvalue weighted by Gasteiger charge is 2.38. The van der Waals surface area contributed by atoms with Gasteiger partial charge in [0.2, 0.25) is 0 Å². The van der Waals surface area contributed by atoms with Gasteiger partial charge >= 0.3 is 0 Å². The van der Waals surface area contributed by atoms with E-state index in [0.29, 0.717) is 5.41 Å². The van der Waals surface area contributed by atoms with Crippen LogP contribution in [0.2, 0.25) is 0 Å². The maximum absolute atomic E-state index is 4.67. The molecule has 2 fully saturated rings. The van der Waals surface area contributed by atoms with Crippen LogP contribution in [0.5, 0.6) is 0 Å². The van der Waals surface area contributed by atoms with E-state index in [1.165, 1.54) is 51.0 Å². The summed E-state index contributed by atoms with van der Waals surface area (Å²) in [5.74, 6) is 0. The summed E-state index contributed by atoms with van der Waals surface area (Å²) < 4.78 is 1.92. The summed E-state index contributed by atoms with van der Waals surface area (Å²) in [4.78, 5) is 6.86. The molecule has 0 atom stereocenters. The molecule has 0 aromatic carbocycles. The zero-order valence-corrected chi connectivity index (χ0v) is 13.8. The summed E-state index contributed by atoms with van der Waals surface area (Å²) in [5.41, 5.74) is 4.05. The maximum Gasteiger partial charge on any atom is 0.0983 e. The zero-order valence-electron chi connectivity index (χ0n) is 13.8. The fourth-order valence-corrected chi connectivity index (χ4v) is 4.17. The molecule has 0 saturated carbocycles. The normalized spacial score (nSPS) is 21.1. The van der Waals surface area contributed by atoms with Crippen molar-refractivity contribution in [3.63, 3.8) is 0 Å². The fraction of sp³-hybridized carbons (Fsp3) is 0.556. The number of aromatic nitrogens is 3. The van der Waals surface area contributed by atoms with Crippen LogP contribution in [0.15, 0.2) is 30.7 Å². The molecule has 5 heteroatoms. The van der Waals surface area contributed by atoms with Gasteiger partial charge in [0.25, 0.3) is 0 Å². The number of likely N-dealkylation sites (tertiary alicyclic amines) is 1. The van der Waals surface area contributed by atoms with Crippen LogP contribution in [0.3, 0.4) is 0 Å². The quantitative estimate of drug-likeness (QED) is 0.942. The van der Waals surface area contributed by atoms with E-state index in [1.54, 1.807) is 0 Å². The Morgan fingerprint density at radius 2 is 2.13 bits per heavy atom. The molecular weight excluding hydrogens is 286 g/mol. The Hall–Kier alpha value is -1.72. The van der Waals surface area contributed by atoms with E-state index < -0.39 is 0 Å². The van der Waals surface area contributed by atoms with Crippen LogP contribution in [0.4, 0.5) is 0 Å². The number of nitrogens with zero attached hydrogens (tertiary/aromatic N) is 4. The topological polar surface area (TPSA) is 46.0 Å². The highest BCUT2D eigenvalue weighted by atomic mass is 15.3. The van der Waals surface area contributed by atoms with Crippen molar-refractivity contribution >= 4 is 0 Å². The second kappa shape index (κ2) is 6.06. The Kier molecular flexibility index (Phi) is 3.91. The predicted octanol–water partition coefficient (Wildman–Crippen LogP) is 2.06. The molecule has 2 aliphatic rings. The molecule has 1 spiro atoms. The molecule has 4 rings (SSSR count). The van der Waals surface area contributed by atoms with E-state index in [-0.39, 0.29) is 0 Å². The van der Waals surface area contributed by atoms with E-state index in [4.69, 9.17) is 0 Å². The van der Waals surface area contributed by atoms with Gasteiger partial charge in [0.1, 0.15) is 0 Å². The maximum atomic E-state index is 4.67. The third kappa shape index (κ3) is 3.03. The van der Waals surface area contributed by atoms with Crippen LogP contribution in [-0.4, -0.2) is 45.8 Å². The SMILES string of the molecule is Cn1cc(CN2CCC3(CCNCC3)C2)c(-c2cccnc2)n1. The van der Waals surface area contributed by atoms with Gasteiger partial charge in [-0.05, 0) is 56.4 Å². The third-order valence-electron chi connectivity index (χ3n) is 5.42. The van der Waals surface area contributed by atoms with Gasteiger partial charge in [0.05, 0.1) is 5.69 Å². The molecule has 2 aromatic rings. The predicted molar refractivity (Wildman–Crippen MR) is 90.9 cm³/mol. The van der Waals surface area contributed by atoms with E-state index in [2.05, 4.69) is 32.6 Å². The lowest BCUT2D eigenvalue weighted by Crippen LogP contribution is -2.38. The van der Waals surface area contributed by atoms with Crippen molar-refractivity contribution in [3.8, 4) is 11.3 Å². The van der Waals surface area contributed by atoms with Gasteiger partial charge in [-0.1, -0.05) is 0 Å². The van der Waals surface area contributed by atoms with Crippen molar-refractivity contribution in [2.45, 2.75) is 25.8 Å². The molecule has 2 aromatic heterocycles. The second-order valence-electron chi connectivity index (χ2n) is 7.13. The molecule has 2 saturated heterocycles. The number of hydrogen-bond acceptors (Lipinski definition) is 4. The van der Waals surface area contributed by atoms with Gasteiger partial charge in [-0.2, -0.15) is 5.10 Å². The standard InChI is InChI=1S/C18H25N5/c1-22-12-16(17(21-22)15-3-2-7-20-11-15)13-23-10-6-18(14-23)4-8-19-9-5-18/h2-3,7,11-12,19H,4-6,8-10,13-14H2,1H3. The monoisotopic (exact) mass is 311 g/mol. The van der Waals surface area contributed by atoms with E-state index in [9.17, 15) is 0 Å².